The zero-order valence-electron chi connectivity index (χ0n) is 15.9. The molecule has 7 heteroatoms. The maximum Gasteiger partial charge on any atom is 0.241 e. The number of halogens is 2. The van der Waals surface area contributed by atoms with Gasteiger partial charge in [-0.3, -0.25) is 9.69 Å². The Hall–Kier alpha value is -2.31. The minimum atomic E-state index is -0.524. The van der Waals surface area contributed by atoms with Crippen LogP contribution >= 0.6 is 11.6 Å². The molecule has 0 aliphatic rings. The molecule has 2 aromatic carbocycles. The lowest BCUT2D eigenvalue weighted by molar-refractivity contribution is -0.120. The van der Waals surface area contributed by atoms with E-state index in [1.807, 2.05) is 37.1 Å². The lowest BCUT2D eigenvalue weighted by Crippen LogP contribution is -2.39. The van der Waals surface area contributed by atoms with E-state index in [9.17, 15) is 9.18 Å². The van der Waals surface area contributed by atoms with E-state index in [0.29, 0.717) is 30.3 Å². The van der Waals surface area contributed by atoms with Crippen molar-refractivity contribution in [1.29, 1.82) is 0 Å². The molecule has 0 saturated heterocycles. The van der Waals surface area contributed by atoms with Gasteiger partial charge < -0.3 is 14.8 Å². The molecule has 1 N–H and O–H groups in total. The highest BCUT2D eigenvalue weighted by Crippen LogP contribution is 2.28. The minimum Gasteiger partial charge on any atom is -0.493 e. The Bertz CT molecular complexity index is 801. The molecule has 1 atom stereocenters. The van der Waals surface area contributed by atoms with Crippen molar-refractivity contribution in [1.82, 2.24) is 4.90 Å². The van der Waals surface area contributed by atoms with Crippen LogP contribution in [0.15, 0.2) is 36.4 Å². The number of nitrogens with one attached hydrogen (secondary N) is 1. The topological polar surface area (TPSA) is 50.8 Å². The van der Waals surface area contributed by atoms with Crippen LogP contribution in [-0.2, 0) is 11.3 Å². The first-order valence-electron chi connectivity index (χ1n) is 8.61. The van der Waals surface area contributed by atoms with Crippen molar-refractivity contribution in [2.45, 2.75) is 26.4 Å². The molecule has 0 radical (unpaired) electrons. The Kier molecular flexibility index (Phi) is 7.45. The summed E-state index contributed by atoms with van der Waals surface area (Å²) in [6.45, 7) is 4.81. The zero-order valence-corrected chi connectivity index (χ0v) is 16.6. The monoisotopic (exact) mass is 394 g/mol. The first-order chi connectivity index (χ1) is 12.8. The van der Waals surface area contributed by atoms with Crippen molar-refractivity contribution in [3.63, 3.8) is 0 Å². The molecule has 5 nitrogen and oxygen atoms in total. The number of ether oxygens (including phenoxy) is 2. The minimum absolute atomic E-state index is 0.0321. The summed E-state index contributed by atoms with van der Waals surface area (Å²) in [6, 6.07) is 9.36. The normalized spacial score (nSPS) is 12.0. The van der Waals surface area contributed by atoms with Crippen LogP contribution in [0.3, 0.4) is 0 Å². The fourth-order valence-corrected chi connectivity index (χ4v) is 2.71. The number of nitrogens with zero attached hydrogens (tertiary/aromatic N) is 1. The van der Waals surface area contributed by atoms with Crippen molar-refractivity contribution in [2.24, 2.45) is 0 Å². The SMILES string of the molecule is CCOc1ccc(CN(C)[C@@H](C)C(=O)Nc2ccc(F)c(Cl)c2)cc1OC. The largest absolute Gasteiger partial charge is 0.493 e. The Morgan fingerprint density at radius 2 is 2.00 bits per heavy atom. The van der Waals surface area contributed by atoms with Crippen LogP contribution in [-0.4, -0.2) is 37.6 Å². The number of anilines is 1. The van der Waals surface area contributed by atoms with Crippen LogP contribution in [0.5, 0.6) is 11.5 Å². The molecule has 2 rings (SSSR count). The van der Waals surface area contributed by atoms with Gasteiger partial charge in [0.1, 0.15) is 5.82 Å². The predicted octanol–water partition coefficient (Wildman–Crippen LogP) is 4.35. The van der Waals surface area contributed by atoms with Crippen molar-refractivity contribution < 1.29 is 18.7 Å². The van der Waals surface area contributed by atoms with Gasteiger partial charge in [-0.05, 0) is 56.8 Å². The van der Waals surface area contributed by atoms with E-state index in [0.717, 1.165) is 5.56 Å². The van der Waals surface area contributed by atoms with Crippen molar-refractivity contribution in [3.05, 3.63) is 52.8 Å². The van der Waals surface area contributed by atoms with E-state index in [-0.39, 0.29) is 10.9 Å². The lowest BCUT2D eigenvalue weighted by atomic mass is 10.1. The molecule has 0 aliphatic carbocycles. The number of carbonyl (C=O) groups is 1. The highest BCUT2D eigenvalue weighted by Gasteiger charge is 2.19. The summed E-state index contributed by atoms with van der Waals surface area (Å²) in [6.07, 6.45) is 0. The number of amides is 1. The summed E-state index contributed by atoms with van der Waals surface area (Å²) in [5.74, 6) is 0.605. The van der Waals surface area contributed by atoms with E-state index in [4.69, 9.17) is 21.1 Å². The molecular formula is C20H24ClFN2O3. The number of carbonyl (C=O) groups excluding carboxylic acids is 1. The Morgan fingerprint density at radius 3 is 2.63 bits per heavy atom. The maximum absolute atomic E-state index is 13.2. The number of methoxy groups -OCH3 is 1. The number of hydrogen-bond acceptors (Lipinski definition) is 4. The van der Waals surface area contributed by atoms with Gasteiger partial charge in [0.25, 0.3) is 0 Å². The molecule has 0 aromatic heterocycles. The maximum atomic E-state index is 13.2. The molecule has 0 bridgehead atoms. The van der Waals surface area contributed by atoms with Gasteiger partial charge in [0, 0.05) is 12.2 Å². The van der Waals surface area contributed by atoms with Gasteiger partial charge in [0.15, 0.2) is 11.5 Å². The third-order valence-corrected chi connectivity index (χ3v) is 4.48. The second-order valence-corrected chi connectivity index (χ2v) is 6.53. The first kappa shape index (κ1) is 21.0. The fourth-order valence-electron chi connectivity index (χ4n) is 2.53. The van der Waals surface area contributed by atoms with E-state index < -0.39 is 11.9 Å². The van der Waals surface area contributed by atoms with Crippen LogP contribution in [0.2, 0.25) is 5.02 Å². The zero-order chi connectivity index (χ0) is 20.0. The predicted molar refractivity (Wildman–Crippen MR) is 105 cm³/mol. The lowest BCUT2D eigenvalue weighted by Gasteiger charge is -2.24. The van der Waals surface area contributed by atoms with Gasteiger partial charge in [-0.25, -0.2) is 4.39 Å². The number of hydrogen-bond donors (Lipinski definition) is 1. The van der Waals surface area contributed by atoms with E-state index in [1.54, 1.807) is 14.0 Å². The molecule has 2 aromatic rings. The van der Waals surface area contributed by atoms with Crippen LogP contribution in [0, 0.1) is 5.82 Å². The molecule has 1 amide bonds. The fraction of sp³-hybridized carbons (Fsp3) is 0.350. The standard InChI is InChI=1S/C20H24ClFN2O3/c1-5-27-18-9-6-14(10-19(18)26-4)12-24(3)13(2)20(25)23-15-7-8-17(22)16(21)11-15/h6-11,13H,5,12H2,1-4H3,(H,23,25)/t13-/m0/s1. The van der Waals surface area contributed by atoms with Gasteiger partial charge in [-0.1, -0.05) is 17.7 Å². The summed E-state index contributed by atoms with van der Waals surface area (Å²) in [4.78, 5) is 14.4. The van der Waals surface area contributed by atoms with Gasteiger partial charge in [-0.2, -0.15) is 0 Å². The number of likely N-dealkylation sites (N-methyl/N-ethyl adjacent to an activating group) is 1. The van der Waals surface area contributed by atoms with E-state index >= 15 is 0 Å². The third kappa shape index (κ3) is 5.58. The Labute approximate surface area is 164 Å². The molecule has 0 heterocycles. The number of benzene rings is 2. The molecule has 0 aliphatic heterocycles. The van der Waals surface area contributed by atoms with Crippen LogP contribution in [0.25, 0.3) is 0 Å². The molecule has 0 spiro atoms. The molecular weight excluding hydrogens is 371 g/mol. The quantitative estimate of drug-likeness (QED) is 0.723. The van der Waals surface area contributed by atoms with Crippen molar-refractivity contribution in [2.75, 3.05) is 26.1 Å². The summed E-state index contributed by atoms with van der Waals surface area (Å²) in [7, 11) is 3.44. The second-order valence-electron chi connectivity index (χ2n) is 6.13. The van der Waals surface area contributed by atoms with Gasteiger partial charge in [-0.15, -0.1) is 0 Å². The van der Waals surface area contributed by atoms with Gasteiger partial charge in [0.2, 0.25) is 5.91 Å². The Balaban J connectivity index is 2.02. The van der Waals surface area contributed by atoms with Gasteiger partial charge in [0.05, 0.1) is 24.8 Å². The van der Waals surface area contributed by atoms with Gasteiger partial charge >= 0.3 is 0 Å². The average Bonchev–Trinajstić information content (AvgIpc) is 2.65. The van der Waals surface area contributed by atoms with Crippen LogP contribution in [0.4, 0.5) is 10.1 Å². The average molecular weight is 395 g/mol. The highest BCUT2D eigenvalue weighted by atomic mass is 35.5. The Morgan fingerprint density at radius 1 is 1.26 bits per heavy atom. The smallest absolute Gasteiger partial charge is 0.241 e. The summed E-state index contributed by atoms with van der Waals surface area (Å²) in [5.41, 5.74) is 1.44. The molecule has 146 valence electrons. The molecule has 27 heavy (non-hydrogen) atoms. The van der Waals surface area contributed by atoms with Crippen LogP contribution < -0.4 is 14.8 Å². The summed E-state index contributed by atoms with van der Waals surface area (Å²) in [5, 5.41) is 2.72. The van der Waals surface area contributed by atoms with Crippen molar-refractivity contribution in [3.8, 4) is 11.5 Å². The molecule has 0 saturated carbocycles. The summed E-state index contributed by atoms with van der Waals surface area (Å²) >= 11 is 5.75. The molecule has 0 fully saturated rings. The molecule has 0 unspecified atom stereocenters. The van der Waals surface area contributed by atoms with Crippen molar-refractivity contribution >= 4 is 23.2 Å². The summed E-state index contributed by atoms with van der Waals surface area (Å²) < 4.78 is 24.1. The van der Waals surface area contributed by atoms with E-state index in [2.05, 4.69) is 5.32 Å². The highest BCUT2D eigenvalue weighted by molar-refractivity contribution is 6.31. The third-order valence-electron chi connectivity index (χ3n) is 4.19. The second kappa shape index (κ2) is 9.58. The van der Waals surface area contributed by atoms with Crippen LogP contribution in [0.1, 0.15) is 19.4 Å². The number of rotatable bonds is 8. The van der Waals surface area contributed by atoms with E-state index in [1.165, 1.54) is 18.2 Å². The first-order valence-corrected chi connectivity index (χ1v) is 8.99.